The van der Waals surface area contributed by atoms with E-state index in [2.05, 4.69) is 4.90 Å². The predicted octanol–water partition coefficient (Wildman–Crippen LogP) is 2.46. The van der Waals surface area contributed by atoms with Crippen LogP contribution in [0.4, 0.5) is 8.78 Å². The summed E-state index contributed by atoms with van der Waals surface area (Å²) in [6.45, 7) is 0.929. The normalized spacial score (nSPS) is 10.9. The maximum atomic E-state index is 12.8. The van der Waals surface area contributed by atoms with Gasteiger partial charge in [0.05, 0.1) is 0 Å². The van der Waals surface area contributed by atoms with Gasteiger partial charge in [0.25, 0.3) is 0 Å². The number of hydrogen-bond acceptors (Lipinski definition) is 1. The van der Waals surface area contributed by atoms with E-state index in [1.165, 1.54) is 12.1 Å². The van der Waals surface area contributed by atoms with Gasteiger partial charge in [0, 0.05) is 6.07 Å². The average molecular weight is 199 g/mol. The fourth-order valence-corrected chi connectivity index (χ4v) is 1.35. The van der Waals surface area contributed by atoms with Crippen LogP contribution in [0.25, 0.3) is 0 Å². The van der Waals surface area contributed by atoms with Crippen molar-refractivity contribution in [3.8, 4) is 0 Å². The van der Waals surface area contributed by atoms with Crippen LogP contribution >= 0.6 is 0 Å². The van der Waals surface area contributed by atoms with E-state index in [9.17, 15) is 8.78 Å². The highest BCUT2D eigenvalue weighted by atomic mass is 19.1. The van der Waals surface area contributed by atoms with Gasteiger partial charge in [-0.3, -0.25) is 0 Å². The molecule has 0 aliphatic heterocycles. The molecular weight excluding hydrogens is 184 g/mol. The molecule has 0 saturated heterocycles. The van der Waals surface area contributed by atoms with Crippen LogP contribution in [0.15, 0.2) is 18.2 Å². The van der Waals surface area contributed by atoms with E-state index < -0.39 is 11.6 Å². The van der Waals surface area contributed by atoms with E-state index in [-0.39, 0.29) is 0 Å². The molecule has 0 saturated carbocycles. The molecule has 1 aromatic carbocycles. The third-order valence-electron chi connectivity index (χ3n) is 1.99. The Morgan fingerprint density at radius 1 is 1.07 bits per heavy atom. The summed E-state index contributed by atoms with van der Waals surface area (Å²) in [6, 6.07) is 3.67. The number of hydrogen-bond donors (Lipinski definition) is 0. The molecule has 0 bridgehead atoms. The van der Waals surface area contributed by atoms with Crippen molar-refractivity contribution in [1.82, 2.24) is 4.90 Å². The lowest BCUT2D eigenvalue weighted by Gasteiger charge is -2.08. The van der Waals surface area contributed by atoms with Crippen LogP contribution in [0.3, 0.4) is 0 Å². The van der Waals surface area contributed by atoms with E-state index in [4.69, 9.17) is 0 Å². The Labute approximate surface area is 83.3 Å². The molecule has 0 heterocycles. The molecule has 0 aromatic heterocycles. The second-order valence-corrected chi connectivity index (χ2v) is 3.68. The summed E-state index contributed by atoms with van der Waals surface area (Å²) in [7, 11) is 3.96. The minimum atomic E-state index is -0.496. The second-order valence-electron chi connectivity index (χ2n) is 3.68. The molecule has 3 heteroatoms. The quantitative estimate of drug-likeness (QED) is 0.720. The Kier molecular flexibility index (Phi) is 4.01. The first-order valence-corrected chi connectivity index (χ1v) is 4.67. The molecule has 0 amide bonds. The number of rotatable bonds is 4. The minimum absolute atomic E-state index is 0.496. The number of aryl methyl sites for hydroxylation is 1. The van der Waals surface area contributed by atoms with Gasteiger partial charge >= 0.3 is 0 Å². The summed E-state index contributed by atoms with van der Waals surface area (Å²) in [5.74, 6) is -0.991. The lowest BCUT2D eigenvalue weighted by Crippen LogP contribution is -2.13. The highest BCUT2D eigenvalue weighted by molar-refractivity contribution is 5.17. The monoisotopic (exact) mass is 199 g/mol. The predicted molar refractivity (Wildman–Crippen MR) is 53.2 cm³/mol. The molecule has 0 atom stereocenters. The van der Waals surface area contributed by atoms with E-state index in [1.54, 1.807) is 0 Å². The molecule has 0 N–H and O–H groups in total. The Morgan fingerprint density at radius 2 is 1.64 bits per heavy atom. The van der Waals surface area contributed by atoms with Crippen LogP contribution in [-0.4, -0.2) is 25.5 Å². The van der Waals surface area contributed by atoms with Crippen molar-refractivity contribution in [3.63, 3.8) is 0 Å². The number of halogens is 2. The third-order valence-corrected chi connectivity index (χ3v) is 1.99. The van der Waals surface area contributed by atoms with E-state index in [1.807, 2.05) is 14.1 Å². The van der Waals surface area contributed by atoms with Crippen molar-refractivity contribution < 1.29 is 8.78 Å². The minimum Gasteiger partial charge on any atom is -0.309 e. The van der Waals surface area contributed by atoms with Gasteiger partial charge in [-0.05, 0) is 51.2 Å². The zero-order valence-electron chi connectivity index (χ0n) is 8.56. The third kappa shape index (κ3) is 3.83. The summed E-state index contributed by atoms with van der Waals surface area (Å²) >= 11 is 0. The summed E-state index contributed by atoms with van der Waals surface area (Å²) in [5, 5.41) is 0. The van der Waals surface area contributed by atoms with Gasteiger partial charge in [-0.25, -0.2) is 8.78 Å². The molecule has 14 heavy (non-hydrogen) atoms. The summed E-state index contributed by atoms with van der Waals surface area (Å²) < 4.78 is 25.5. The first-order valence-electron chi connectivity index (χ1n) is 4.67. The smallest absolute Gasteiger partial charge is 0.126 e. The SMILES string of the molecule is CN(C)CCCc1cc(F)cc(F)c1. The van der Waals surface area contributed by atoms with Crippen LogP contribution in [0.2, 0.25) is 0 Å². The maximum Gasteiger partial charge on any atom is 0.126 e. The molecule has 0 unspecified atom stereocenters. The number of benzene rings is 1. The van der Waals surface area contributed by atoms with Gasteiger partial charge in [-0.1, -0.05) is 0 Å². The van der Waals surface area contributed by atoms with Gasteiger partial charge in [-0.15, -0.1) is 0 Å². The fourth-order valence-electron chi connectivity index (χ4n) is 1.35. The Hall–Kier alpha value is -0.960. The maximum absolute atomic E-state index is 12.8. The van der Waals surface area contributed by atoms with Crippen molar-refractivity contribution in [2.45, 2.75) is 12.8 Å². The van der Waals surface area contributed by atoms with Gasteiger partial charge in [-0.2, -0.15) is 0 Å². The highest BCUT2D eigenvalue weighted by Crippen LogP contribution is 2.09. The first-order chi connectivity index (χ1) is 6.58. The molecule has 0 aliphatic rings. The van der Waals surface area contributed by atoms with Crippen molar-refractivity contribution in [2.75, 3.05) is 20.6 Å². The summed E-state index contributed by atoms with van der Waals surface area (Å²) in [5.41, 5.74) is 0.726. The Balaban J connectivity index is 2.50. The topological polar surface area (TPSA) is 3.24 Å². The first kappa shape index (κ1) is 11.1. The van der Waals surface area contributed by atoms with Gasteiger partial charge < -0.3 is 4.90 Å². The zero-order valence-corrected chi connectivity index (χ0v) is 8.56. The molecule has 0 fully saturated rings. The van der Waals surface area contributed by atoms with Crippen molar-refractivity contribution in [3.05, 3.63) is 35.4 Å². The van der Waals surface area contributed by atoms with E-state index in [0.29, 0.717) is 6.42 Å². The molecule has 1 nitrogen and oxygen atoms in total. The number of nitrogens with zero attached hydrogens (tertiary/aromatic N) is 1. The van der Waals surface area contributed by atoms with E-state index >= 15 is 0 Å². The molecular formula is C11H15F2N. The standard InChI is InChI=1S/C11H15F2N/c1-14(2)5-3-4-9-6-10(12)8-11(13)7-9/h6-8H,3-5H2,1-2H3. The molecule has 1 rings (SSSR count). The van der Waals surface area contributed by atoms with Crippen molar-refractivity contribution in [1.29, 1.82) is 0 Å². The Morgan fingerprint density at radius 3 is 2.14 bits per heavy atom. The van der Waals surface area contributed by atoms with E-state index in [0.717, 1.165) is 24.6 Å². The Bertz CT molecular complexity index is 277. The van der Waals surface area contributed by atoms with Gasteiger partial charge in [0.2, 0.25) is 0 Å². The molecule has 0 radical (unpaired) electrons. The molecule has 0 spiro atoms. The summed E-state index contributed by atoms with van der Waals surface area (Å²) in [4.78, 5) is 2.05. The average Bonchev–Trinajstić information content (AvgIpc) is 2.01. The van der Waals surface area contributed by atoms with Crippen LogP contribution < -0.4 is 0 Å². The van der Waals surface area contributed by atoms with Crippen LogP contribution in [0.5, 0.6) is 0 Å². The van der Waals surface area contributed by atoms with Crippen molar-refractivity contribution in [2.24, 2.45) is 0 Å². The zero-order chi connectivity index (χ0) is 10.6. The van der Waals surface area contributed by atoms with Gasteiger partial charge in [0.1, 0.15) is 11.6 Å². The second kappa shape index (κ2) is 5.05. The van der Waals surface area contributed by atoms with Crippen LogP contribution in [0.1, 0.15) is 12.0 Å². The fraction of sp³-hybridized carbons (Fsp3) is 0.455. The van der Waals surface area contributed by atoms with Crippen molar-refractivity contribution >= 4 is 0 Å². The van der Waals surface area contributed by atoms with Gasteiger partial charge in [0.15, 0.2) is 0 Å². The molecule has 0 aliphatic carbocycles. The van der Waals surface area contributed by atoms with Crippen LogP contribution in [-0.2, 0) is 6.42 Å². The summed E-state index contributed by atoms with van der Waals surface area (Å²) in [6.07, 6.45) is 1.63. The largest absolute Gasteiger partial charge is 0.309 e. The molecule has 78 valence electrons. The van der Waals surface area contributed by atoms with Crippen LogP contribution in [0, 0.1) is 11.6 Å². The molecule has 1 aromatic rings. The lowest BCUT2D eigenvalue weighted by molar-refractivity contribution is 0.400. The lowest BCUT2D eigenvalue weighted by atomic mass is 10.1. The highest BCUT2D eigenvalue weighted by Gasteiger charge is 2.00.